The van der Waals surface area contributed by atoms with Crippen LogP contribution in [0.2, 0.25) is 0 Å². The van der Waals surface area contributed by atoms with Gasteiger partial charge in [0.05, 0.1) is 11.2 Å². The summed E-state index contributed by atoms with van der Waals surface area (Å²) in [7, 11) is -0.566. The minimum atomic E-state index is -0.566. The monoisotopic (exact) mass is 434 g/mol. The second kappa shape index (κ2) is 8.72. The van der Waals surface area contributed by atoms with Crippen LogP contribution in [-0.2, 0) is 20.6 Å². The number of rotatable bonds is 4. The molecule has 2 aliphatic heterocycles. The lowest BCUT2D eigenvalue weighted by molar-refractivity contribution is 0.00578. The van der Waals surface area contributed by atoms with Crippen LogP contribution in [-0.4, -0.2) is 54.0 Å². The Balaban J connectivity index is 1.52. The predicted octanol–water partition coefficient (Wildman–Crippen LogP) is 3.61. The lowest BCUT2D eigenvalue weighted by atomic mass is 9.78. The van der Waals surface area contributed by atoms with Crippen molar-refractivity contribution >= 4 is 18.7 Å². The summed E-state index contributed by atoms with van der Waals surface area (Å²) < 4.78 is 32.2. The number of likely N-dealkylation sites (tertiary alicyclic amines) is 1. The highest BCUT2D eigenvalue weighted by atomic mass is 19.1. The molecule has 172 valence electrons. The predicted molar refractivity (Wildman–Crippen MR) is 120 cm³/mol. The Morgan fingerprint density at radius 1 is 1.19 bits per heavy atom. The van der Waals surface area contributed by atoms with Gasteiger partial charge in [0.15, 0.2) is 0 Å². The molecule has 1 aromatic rings. The summed E-state index contributed by atoms with van der Waals surface area (Å²) in [5.41, 5.74) is -0.0669. The summed E-state index contributed by atoms with van der Waals surface area (Å²) in [6, 6.07) is 5.31. The molecule has 3 rings (SSSR count). The van der Waals surface area contributed by atoms with Crippen LogP contribution in [0.5, 0.6) is 0 Å². The maximum atomic E-state index is 14.8. The molecule has 1 aromatic carbocycles. The van der Waals surface area contributed by atoms with E-state index in [1.807, 2.05) is 60.6 Å². The number of nitrogens with zero attached hydrogens (tertiary/aromatic N) is 1. The summed E-state index contributed by atoms with van der Waals surface area (Å²) in [4.78, 5) is 14.2. The Morgan fingerprint density at radius 2 is 1.77 bits per heavy atom. The van der Waals surface area contributed by atoms with Gasteiger partial charge in [0.2, 0.25) is 0 Å². The van der Waals surface area contributed by atoms with Gasteiger partial charge in [0, 0.05) is 31.2 Å². The van der Waals surface area contributed by atoms with Crippen LogP contribution in [0.1, 0.15) is 66.9 Å². The maximum absolute atomic E-state index is 14.8. The summed E-state index contributed by atoms with van der Waals surface area (Å²) in [5.74, 6) is -0.249. The van der Waals surface area contributed by atoms with Gasteiger partial charge in [-0.15, -0.1) is 0 Å². The molecule has 0 unspecified atom stereocenters. The number of carbonyl (C=O) groups excluding carboxylic acids is 1. The third-order valence-corrected chi connectivity index (χ3v) is 6.30. The Labute approximate surface area is 185 Å². The number of nitrogens with one attached hydrogen (secondary N) is 1. The molecule has 0 aromatic heterocycles. The average Bonchev–Trinajstić information content (AvgIpc) is 2.84. The number of amides is 1. The van der Waals surface area contributed by atoms with Crippen LogP contribution < -0.4 is 10.8 Å². The molecule has 2 fully saturated rings. The molecular formula is C23H36BFN2O4. The minimum absolute atomic E-state index is 0.0849. The first-order chi connectivity index (χ1) is 14.3. The molecule has 0 spiro atoms. The lowest BCUT2D eigenvalue weighted by Crippen LogP contribution is -2.46. The van der Waals surface area contributed by atoms with Gasteiger partial charge in [-0.05, 0) is 72.8 Å². The van der Waals surface area contributed by atoms with E-state index in [1.54, 1.807) is 0 Å². The Bertz CT molecular complexity index is 785. The average molecular weight is 434 g/mol. The molecule has 1 amide bonds. The van der Waals surface area contributed by atoms with Crippen molar-refractivity contribution in [2.45, 2.75) is 90.7 Å². The topological polar surface area (TPSA) is 60.0 Å². The van der Waals surface area contributed by atoms with Gasteiger partial charge in [0.25, 0.3) is 0 Å². The van der Waals surface area contributed by atoms with E-state index in [2.05, 4.69) is 10.2 Å². The Hall–Kier alpha value is -1.64. The molecule has 0 saturated carbocycles. The second-order valence-electron chi connectivity index (χ2n) is 10.6. The van der Waals surface area contributed by atoms with Crippen LogP contribution in [0, 0.1) is 5.82 Å². The number of ether oxygens (including phenoxy) is 1. The van der Waals surface area contributed by atoms with Crippen molar-refractivity contribution in [2.24, 2.45) is 0 Å². The summed E-state index contributed by atoms with van der Waals surface area (Å²) in [6.45, 7) is 15.6. The highest BCUT2D eigenvalue weighted by molar-refractivity contribution is 6.62. The lowest BCUT2D eigenvalue weighted by Gasteiger charge is -2.33. The van der Waals surface area contributed by atoms with Crippen molar-refractivity contribution in [3.63, 3.8) is 0 Å². The number of piperidine rings is 1. The molecule has 31 heavy (non-hydrogen) atoms. The molecule has 0 atom stereocenters. The molecule has 1 N–H and O–H groups in total. The summed E-state index contributed by atoms with van der Waals surface area (Å²) >= 11 is 0. The molecule has 8 heteroatoms. The number of hydrogen-bond acceptors (Lipinski definition) is 5. The first kappa shape index (κ1) is 24.0. The SMILES string of the molecule is CC(C)(C)OC(=O)NC1CCN(Cc2ccc(B3OC(C)(C)C(C)(C)O3)cc2F)CC1. The van der Waals surface area contributed by atoms with Crippen LogP contribution in [0.15, 0.2) is 18.2 Å². The van der Waals surface area contributed by atoms with Crippen molar-refractivity contribution in [3.05, 3.63) is 29.6 Å². The van der Waals surface area contributed by atoms with E-state index >= 15 is 0 Å². The molecule has 2 aliphatic rings. The fourth-order valence-corrected chi connectivity index (χ4v) is 3.77. The zero-order chi connectivity index (χ0) is 23.0. The third-order valence-electron chi connectivity index (χ3n) is 6.30. The van der Waals surface area contributed by atoms with Gasteiger partial charge in [-0.3, -0.25) is 4.90 Å². The van der Waals surface area contributed by atoms with Gasteiger partial charge in [-0.25, -0.2) is 9.18 Å². The quantitative estimate of drug-likeness (QED) is 0.734. The zero-order valence-electron chi connectivity index (χ0n) is 19.9. The number of alkyl carbamates (subject to hydrolysis) is 1. The van der Waals surface area contributed by atoms with E-state index in [0.717, 1.165) is 25.9 Å². The molecular weight excluding hydrogens is 398 g/mol. The van der Waals surface area contributed by atoms with E-state index in [4.69, 9.17) is 14.0 Å². The first-order valence-electron chi connectivity index (χ1n) is 11.1. The van der Waals surface area contributed by atoms with Crippen LogP contribution in [0.4, 0.5) is 9.18 Å². The zero-order valence-corrected chi connectivity index (χ0v) is 19.9. The van der Waals surface area contributed by atoms with E-state index in [-0.39, 0.29) is 18.0 Å². The van der Waals surface area contributed by atoms with Crippen LogP contribution in [0.3, 0.4) is 0 Å². The van der Waals surface area contributed by atoms with Crippen molar-refractivity contribution in [2.75, 3.05) is 13.1 Å². The minimum Gasteiger partial charge on any atom is -0.444 e. The summed E-state index contributed by atoms with van der Waals surface area (Å²) in [5, 5.41) is 2.93. The van der Waals surface area contributed by atoms with E-state index in [0.29, 0.717) is 17.6 Å². The van der Waals surface area contributed by atoms with E-state index in [1.165, 1.54) is 6.07 Å². The highest BCUT2D eigenvalue weighted by Gasteiger charge is 2.51. The fraction of sp³-hybridized carbons (Fsp3) is 0.696. The molecule has 2 heterocycles. The van der Waals surface area contributed by atoms with Crippen molar-refractivity contribution in [3.8, 4) is 0 Å². The molecule has 0 bridgehead atoms. The van der Waals surface area contributed by atoms with Crippen molar-refractivity contribution in [1.29, 1.82) is 0 Å². The second-order valence-corrected chi connectivity index (χ2v) is 10.6. The van der Waals surface area contributed by atoms with Crippen LogP contribution >= 0.6 is 0 Å². The molecule has 6 nitrogen and oxygen atoms in total. The number of benzene rings is 1. The van der Waals surface area contributed by atoms with Crippen LogP contribution in [0.25, 0.3) is 0 Å². The molecule has 2 saturated heterocycles. The first-order valence-corrected chi connectivity index (χ1v) is 11.1. The number of carbonyl (C=O) groups is 1. The smallest absolute Gasteiger partial charge is 0.444 e. The van der Waals surface area contributed by atoms with Gasteiger partial charge in [-0.1, -0.05) is 12.1 Å². The van der Waals surface area contributed by atoms with Crippen molar-refractivity contribution in [1.82, 2.24) is 10.2 Å². The Kier molecular flexibility index (Phi) is 6.75. The number of halogens is 1. The standard InChI is InChI=1S/C23H36BFN2O4/c1-21(2,3)29-20(28)26-18-10-12-27(13-11-18)15-16-8-9-17(14-19(16)25)24-30-22(4,5)23(6,7)31-24/h8-9,14,18H,10-13,15H2,1-7H3,(H,26,28). The Morgan fingerprint density at radius 3 is 2.29 bits per heavy atom. The fourth-order valence-electron chi connectivity index (χ4n) is 3.77. The van der Waals surface area contributed by atoms with Crippen molar-refractivity contribution < 1.29 is 23.2 Å². The molecule has 0 aliphatic carbocycles. The number of hydrogen-bond donors (Lipinski definition) is 1. The summed E-state index contributed by atoms with van der Waals surface area (Å²) in [6.07, 6.45) is 1.25. The van der Waals surface area contributed by atoms with Gasteiger partial charge >= 0.3 is 13.2 Å². The maximum Gasteiger partial charge on any atom is 0.494 e. The van der Waals surface area contributed by atoms with Gasteiger partial charge in [-0.2, -0.15) is 0 Å². The van der Waals surface area contributed by atoms with E-state index in [9.17, 15) is 9.18 Å². The molecule has 0 radical (unpaired) electrons. The third kappa shape index (κ3) is 5.99. The highest BCUT2D eigenvalue weighted by Crippen LogP contribution is 2.36. The van der Waals surface area contributed by atoms with Gasteiger partial charge in [0.1, 0.15) is 11.4 Å². The van der Waals surface area contributed by atoms with Gasteiger partial charge < -0.3 is 19.4 Å². The normalized spacial score (nSPS) is 21.9. The van der Waals surface area contributed by atoms with E-state index < -0.39 is 23.9 Å². The largest absolute Gasteiger partial charge is 0.494 e.